The smallest absolute Gasteiger partial charge is 0.0398 e. The summed E-state index contributed by atoms with van der Waals surface area (Å²) >= 11 is 0. The largest absolute Gasteiger partial charge is 0.368 e. The van der Waals surface area contributed by atoms with Crippen LogP contribution in [0, 0.1) is 12.8 Å². The van der Waals surface area contributed by atoms with E-state index in [9.17, 15) is 0 Å². The molecule has 1 aliphatic rings. The van der Waals surface area contributed by atoms with Crippen molar-refractivity contribution in [1.29, 1.82) is 0 Å². The molecule has 0 saturated carbocycles. The van der Waals surface area contributed by atoms with E-state index in [1.165, 1.54) is 36.2 Å². The summed E-state index contributed by atoms with van der Waals surface area (Å²) in [6, 6.07) is 7.66. The van der Waals surface area contributed by atoms with E-state index >= 15 is 0 Å². The Bertz CT molecular complexity index is 412. The van der Waals surface area contributed by atoms with Gasteiger partial charge >= 0.3 is 0 Å². The number of hydrogen-bond acceptors (Lipinski definition) is 2. The molecule has 0 amide bonds. The average molecular weight is 260 g/mol. The van der Waals surface area contributed by atoms with Gasteiger partial charge < -0.3 is 10.2 Å². The van der Waals surface area contributed by atoms with E-state index in [-0.39, 0.29) is 0 Å². The Morgan fingerprint density at radius 2 is 2.16 bits per heavy atom. The van der Waals surface area contributed by atoms with Gasteiger partial charge in [-0.15, -0.1) is 0 Å². The van der Waals surface area contributed by atoms with Crippen LogP contribution in [0.4, 0.5) is 5.69 Å². The molecule has 1 atom stereocenters. The Balaban J connectivity index is 2.16. The highest BCUT2D eigenvalue weighted by Gasteiger charge is 2.27. The van der Waals surface area contributed by atoms with Crippen molar-refractivity contribution in [1.82, 2.24) is 5.32 Å². The maximum Gasteiger partial charge on any atom is 0.0398 e. The Kier molecular flexibility index (Phi) is 4.87. The van der Waals surface area contributed by atoms with Crippen LogP contribution < -0.4 is 10.2 Å². The molecule has 1 unspecified atom stereocenters. The number of benzene rings is 1. The first-order valence-corrected chi connectivity index (χ1v) is 7.70. The fourth-order valence-corrected chi connectivity index (χ4v) is 3.20. The van der Waals surface area contributed by atoms with Gasteiger partial charge in [0.25, 0.3) is 0 Å². The van der Waals surface area contributed by atoms with Crippen molar-refractivity contribution in [3.63, 3.8) is 0 Å². The maximum absolute atomic E-state index is 3.39. The fraction of sp³-hybridized carbons (Fsp3) is 0.647. The maximum atomic E-state index is 3.39. The standard InChI is InChI=1S/C17H28N2/c1-5-18-12-15-8-9-17(14(4)11-15)19-10-6-7-16(19)13(2)3/h8-9,11,13,16,18H,5-7,10,12H2,1-4H3. The lowest BCUT2D eigenvalue weighted by atomic mass is 10.0. The van der Waals surface area contributed by atoms with E-state index in [2.05, 4.69) is 56.1 Å². The minimum Gasteiger partial charge on any atom is -0.368 e. The second-order valence-corrected chi connectivity index (χ2v) is 6.05. The van der Waals surface area contributed by atoms with Crippen LogP contribution in [0.15, 0.2) is 18.2 Å². The van der Waals surface area contributed by atoms with Gasteiger partial charge in [0.1, 0.15) is 0 Å². The third-order valence-electron chi connectivity index (χ3n) is 4.22. The van der Waals surface area contributed by atoms with Crippen molar-refractivity contribution in [2.24, 2.45) is 5.92 Å². The number of rotatable bonds is 5. The minimum absolute atomic E-state index is 0.721. The highest BCUT2D eigenvalue weighted by Crippen LogP contribution is 2.32. The quantitative estimate of drug-likeness (QED) is 0.868. The molecule has 19 heavy (non-hydrogen) atoms. The number of anilines is 1. The van der Waals surface area contributed by atoms with Crippen LogP contribution in [0.25, 0.3) is 0 Å². The summed E-state index contributed by atoms with van der Waals surface area (Å²) in [5.74, 6) is 0.739. The zero-order chi connectivity index (χ0) is 13.8. The molecule has 1 N–H and O–H groups in total. The molecule has 1 heterocycles. The average Bonchev–Trinajstić information content (AvgIpc) is 2.85. The summed E-state index contributed by atoms with van der Waals surface area (Å²) in [6.45, 7) is 12.3. The molecule has 0 radical (unpaired) electrons. The summed E-state index contributed by atoms with van der Waals surface area (Å²) < 4.78 is 0. The third kappa shape index (κ3) is 3.30. The number of nitrogens with zero attached hydrogens (tertiary/aromatic N) is 1. The number of aryl methyl sites for hydroxylation is 1. The van der Waals surface area contributed by atoms with Crippen molar-refractivity contribution >= 4 is 5.69 Å². The first-order chi connectivity index (χ1) is 9.13. The molecule has 1 aromatic carbocycles. The van der Waals surface area contributed by atoms with Gasteiger partial charge in [-0.1, -0.05) is 32.9 Å². The molecule has 2 nitrogen and oxygen atoms in total. The van der Waals surface area contributed by atoms with E-state index in [1.807, 2.05) is 0 Å². The van der Waals surface area contributed by atoms with Gasteiger partial charge in [-0.2, -0.15) is 0 Å². The molecule has 0 spiro atoms. The molecule has 106 valence electrons. The zero-order valence-electron chi connectivity index (χ0n) is 12.9. The highest BCUT2D eigenvalue weighted by molar-refractivity contribution is 5.56. The van der Waals surface area contributed by atoms with Crippen LogP contribution in [0.5, 0.6) is 0 Å². The van der Waals surface area contributed by atoms with Crippen LogP contribution in [0.3, 0.4) is 0 Å². The molecular weight excluding hydrogens is 232 g/mol. The van der Waals surface area contributed by atoms with Crippen LogP contribution >= 0.6 is 0 Å². The second-order valence-electron chi connectivity index (χ2n) is 6.05. The van der Waals surface area contributed by atoms with E-state index in [4.69, 9.17) is 0 Å². The SMILES string of the molecule is CCNCc1ccc(N2CCCC2C(C)C)c(C)c1. The summed E-state index contributed by atoms with van der Waals surface area (Å²) in [7, 11) is 0. The van der Waals surface area contributed by atoms with Gasteiger partial charge in [-0.25, -0.2) is 0 Å². The monoisotopic (exact) mass is 260 g/mol. The summed E-state index contributed by atoms with van der Waals surface area (Å²) in [6.07, 6.45) is 2.68. The van der Waals surface area contributed by atoms with Gasteiger partial charge in [0, 0.05) is 24.8 Å². The van der Waals surface area contributed by atoms with Gasteiger partial charge in [0.15, 0.2) is 0 Å². The molecule has 0 bridgehead atoms. The van der Waals surface area contributed by atoms with Crippen LogP contribution in [-0.2, 0) is 6.54 Å². The molecule has 0 aromatic heterocycles. The Labute approximate surface area is 118 Å². The van der Waals surface area contributed by atoms with E-state index in [1.54, 1.807) is 0 Å². The summed E-state index contributed by atoms with van der Waals surface area (Å²) in [5, 5.41) is 3.39. The Morgan fingerprint density at radius 1 is 1.37 bits per heavy atom. The van der Waals surface area contributed by atoms with E-state index < -0.39 is 0 Å². The van der Waals surface area contributed by atoms with Crippen LogP contribution in [0.1, 0.15) is 44.7 Å². The molecular formula is C17H28N2. The van der Waals surface area contributed by atoms with Crippen molar-refractivity contribution in [2.45, 2.75) is 53.1 Å². The van der Waals surface area contributed by atoms with Gasteiger partial charge in [0.05, 0.1) is 0 Å². The third-order valence-corrected chi connectivity index (χ3v) is 4.22. The van der Waals surface area contributed by atoms with Gasteiger partial charge in [-0.3, -0.25) is 0 Å². The van der Waals surface area contributed by atoms with Crippen molar-refractivity contribution in [3.05, 3.63) is 29.3 Å². The molecule has 2 heteroatoms. The fourth-order valence-electron chi connectivity index (χ4n) is 3.20. The molecule has 1 aromatic rings. The number of hydrogen-bond donors (Lipinski definition) is 1. The van der Waals surface area contributed by atoms with Gasteiger partial charge in [0.2, 0.25) is 0 Å². The topological polar surface area (TPSA) is 15.3 Å². The summed E-state index contributed by atoms with van der Waals surface area (Å²) in [4.78, 5) is 2.62. The van der Waals surface area contributed by atoms with Crippen molar-refractivity contribution < 1.29 is 0 Å². The second kappa shape index (κ2) is 6.42. The lowest BCUT2D eigenvalue weighted by Gasteiger charge is -2.31. The van der Waals surface area contributed by atoms with E-state index in [0.29, 0.717) is 0 Å². The molecule has 1 fully saturated rings. The Hall–Kier alpha value is -1.02. The van der Waals surface area contributed by atoms with Crippen molar-refractivity contribution in [2.75, 3.05) is 18.0 Å². The normalized spacial score (nSPS) is 19.4. The first kappa shape index (κ1) is 14.4. The minimum atomic E-state index is 0.721. The van der Waals surface area contributed by atoms with E-state index in [0.717, 1.165) is 25.0 Å². The highest BCUT2D eigenvalue weighted by atomic mass is 15.2. The first-order valence-electron chi connectivity index (χ1n) is 7.70. The predicted molar refractivity (Wildman–Crippen MR) is 83.8 cm³/mol. The molecule has 1 aliphatic heterocycles. The Morgan fingerprint density at radius 3 is 2.79 bits per heavy atom. The summed E-state index contributed by atoms with van der Waals surface area (Å²) in [5.41, 5.74) is 4.25. The van der Waals surface area contributed by atoms with Gasteiger partial charge in [-0.05, 0) is 49.4 Å². The molecule has 2 rings (SSSR count). The van der Waals surface area contributed by atoms with Crippen molar-refractivity contribution in [3.8, 4) is 0 Å². The van der Waals surface area contributed by atoms with Crippen LogP contribution in [0.2, 0.25) is 0 Å². The molecule has 0 aliphatic carbocycles. The van der Waals surface area contributed by atoms with Crippen LogP contribution in [-0.4, -0.2) is 19.1 Å². The lowest BCUT2D eigenvalue weighted by Crippen LogP contribution is -2.33. The lowest BCUT2D eigenvalue weighted by molar-refractivity contribution is 0.491. The number of nitrogens with one attached hydrogen (secondary N) is 1. The zero-order valence-corrected chi connectivity index (χ0v) is 12.9. The molecule has 1 saturated heterocycles. The predicted octanol–water partition coefficient (Wildman–Crippen LogP) is 3.73.